The van der Waals surface area contributed by atoms with Crippen molar-refractivity contribution in [2.45, 2.75) is 0 Å². The molecule has 1 N–H and O–H groups in total. The Labute approximate surface area is 127 Å². The van der Waals surface area contributed by atoms with Gasteiger partial charge >= 0.3 is 0 Å². The predicted molar refractivity (Wildman–Crippen MR) is 86.7 cm³/mol. The second-order valence-corrected chi connectivity index (χ2v) is 5.88. The van der Waals surface area contributed by atoms with Gasteiger partial charge in [0.1, 0.15) is 5.75 Å². The molecule has 0 spiro atoms. The molecule has 1 fully saturated rings. The van der Waals surface area contributed by atoms with Crippen LogP contribution in [0, 0.1) is 0 Å². The molecule has 0 bridgehead atoms. The largest absolute Gasteiger partial charge is 0.508 e. The standard InChI is InChI=1S/C16H17BrN2O/c17-13-1-3-14(4-2-13)18-9-11-19(12-10-18)15-5-7-16(20)8-6-15/h1-8,20H,9-12H2. The minimum Gasteiger partial charge on any atom is -0.508 e. The van der Waals surface area contributed by atoms with E-state index in [2.05, 4.69) is 50.0 Å². The van der Waals surface area contributed by atoms with Crippen molar-refractivity contribution < 1.29 is 5.11 Å². The number of phenolic OH excluding ortho intramolecular Hbond substituents is 1. The summed E-state index contributed by atoms with van der Waals surface area (Å²) in [6, 6.07) is 15.9. The molecule has 1 aliphatic heterocycles. The zero-order valence-corrected chi connectivity index (χ0v) is 12.8. The molecule has 0 aromatic heterocycles. The number of aromatic hydroxyl groups is 1. The molecular formula is C16H17BrN2O. The van der Waals surface area contributed by atoms with Crippen molar-refractivity contribution in [3.05, 3.63) is 53.0 Å². The van der Waals surface area contributed by atoms with Gasteiger partial charge in [-0.1, -0.05) is 15.9 Å². The third-order valence-electron chi connectivity index (χ3n) is 3.69. The van der Waals surface area contributed by atoms with Crippen LogP contribution in [-0.4, -0.2) is 31.3 Å². The maximum Gasteiger partial charge on any atom is 0.115 e. The van der Waals surface area contributed by atoms with Crippen molar-refractivity contribution in [2.24, 2.45) is 0 Å². The fourth-order valence-corrected chi connectivity index (χ4v) is 2.80. The third-order valence-corrected chi connectivity index (χ3v) is 4.21. The van der Waals surface area contributed by atoms with Gasteiger partial charge in [0, 0.05) is 42.0 Å². The molecule has 1 heterocycles. The maximum atomic E-state index is 9.34. The summed E-state index contributed by atoms with van der Waals surface area (Å²) < 4.78 is 1.11. The van der Waals surface area contributed by atoms with E-state index in [0.29, 0.717) is 5.75 Å². The van der Waals surface area contributed by atoms with Gasteiger partial charge in [0.15, 0.2) is 0 Å². The number of benzene rings is 2. The second kappa shape index (κ2) is 5.75. The van der Waals surface area contributed by atoms with E-state index in [9.17, 15) is 5.11 Å². The molecule has 3 nitrogen and oxygen atoms in total. The minimum absolute atomic E-state index is 0.322. The van der Waals surface area contributed by atoms with Gasteiger partial charge in [-0.05, 0) is 48.5 Å². The molecule has 104 valence electrons. The summed E-state index contributed by atoms with van der Waals surface area (Å²) in [4.78, 5) is 4.76. The summed E-state index contributed by atoms with van der Waals surface area (Å²) in [5.74, 6) is 0.322. The van der Waals surface area contributed by atoms with Crippen LogP contribution >= 0.6 is 15.9 Å². The van der Waals surface area contributed by atoms with Crippen molar-refractivity contribution in [3.8, 4) is 5.75 Å². The van der Waals surface area contributed by atoms with Gasteiger partial charge in [0.25, 0.3) is 0 Å². The van der Waals surface area contributed by atoms with Crippen LogP contribution in [-0.2, 0) is 0 Å². The van der Waals surface area contributed by atoms with Crippen LogP contribution in [0.1, 0.15) is 0 Å². The van der Waals surface area contributed by atoms with Crippen LogP contribution < -0.4 is 9.80 Å². The van der Waals surface area contributed by atoms with Gasteiger partial charge in [-0.25, -0.2) is 0 Å². The predicted octanol–water partition coefficient (Wildman–Crippen LogP) is 3.48. The van der Waals surface area contributed by atoms with E-state index in [1.807, 2.05) is 12.1 Å². The number of rotatable bonds is 2. The number of hydrogen-bond donors (Lipinski definition) is 1. The fourth-order valence-electron chi connectivity index (χ4n) is 2.54. The van der Waals surface area contributed by atoms with Crippen molar-refractivity contribution in [3.63, 3.8) is 0 Å². The normalized spacial score (nSPS) is 15.4. The Balaban J connectivity index is 1.64. The number of nitrogens with zero attached hydrogens (tertiary/aromatic N) is 2. The Morgan fingerprint density at radius 2 is 1.10 bits per heavy atom. The van der Waals surface area contributed by atoms with Crippen LogP contribution in [0.3, 0.4) is 0 Å². The van der Waals surface area contributed by atoms with E-state index in [-0.39, 0.29) is 0 Å². The van der Waals surface area contributed by atoms with Gasteiger partial charge in [-0.15, -0.1) is 0 Å². The van der Waals surface area contributed by atoms with Gasteiger partial charge in [-0.3, -0.25) is 0 Å². The van der Waals surface area contributed by atoms with Crippen LogP contribution in [0.4, 0.5) is 11.4 Å². The first-order valence-electron chi connectivity index (χ1n) is 6.77. The zero-order chi connectivity index (χ0) is 13.9. The van der Waals surface area contributed by atoms with Crippen molar-refractivity contribution in [1.82, 2.24) is 0 Å². The van der Waals surface area contributed by atoms with Gasteiger partial charge in [0.05, 0.1) is 0 Å². The van der Waals surface area contributed by atoms with E-state index in [0.717, 1.165) is 30.7 Å². The van der Waals surface area contributed by atoms with E-state index >= 15 is 0 Å². The Hall–Kier alpha value is -1.68. The number of hydrogen-bond acceptors (Lipinski definition) is 3. The minimum atomic E-state index is 0.322. The summed E-state index contributed by atoms with van der Waals surface area (Å²) >= 11 is 3.47. The molecule has 0 radical (unpaired) electrons. The third kappa shape index (κ3) is 2.90. The lowest BCUT2D eigenvalue weighted by atomic mass is 10.2. The highest BCUT2D eigenvalue weighted by Gasteiger charge is 2.17. The van der Waals surface area contributed by atoms with Gasteiger partial charge in [0.2, 0.25) is 0 Å². The zero-order valence-electron chi connectivity index (χ0n) is 11.2. The highest BCUT2D eigenvalue weighted by atomic mass is 79.9. The second-order valence-electron chi connectivity index (χ2n) is 4.97. The van der Waals surface area contributed by atoms with Gasteiger partial charge < -0.3 is 14.9 Å². The molecular weight excluding hydrogens is 316 g/mol. The number of piperazine rings is 1. The van der Waals surface area contributed by atoms with E-state index in [1.54, 1.807) is 12.1 Å². The Kier molecular flexibility index (Phi) is 3.83. The van der Waals surface area contributed by atoms with Crippen molar-refractivity contribution in [2.75, 3.05) is 36.0 Å². The van der Waals surface area contributed by atoms with Crippen LogP contribution in [0.25, 0.3) is 0 Å². The van der Waals surface area contributed by atoms with Crippen molar-refractivity contribution >= 4 is 27.3 Å². The van der Waals surface area contributed by atoms with Gasteiger partial charge in [-0.2, -0.15) is 0 Å². The number of phenols is 1. The first kappa shape index (κ1) is 13.3. The maximum absolute atomic E-state index is 9.34. The Morgan fingerprint density at radius 1 is 0.700 bits per heavy atom. The summed E-state index contributed by atoms with van der Waals surface area (Å²) in [5, 5.41) is 9.34. The van der Waals surface area contributed by atoms with Crippen molar-refractivity contribution in [1.29, 1.82) is 0 Å². The molecule has 20 heavy (non-hydrogen) atoms. The molecule has 0 atom stereocenters. The molecule has 4 heteroatoms. The molecule has 1 aliphatic rings. The topological polar surface area (TPSA) is 26.7 Å². The summed E-state index contributed by atoms with van der Waals surface area (Å²) in [6.45, 7) is 4.03. The number of halogens is 1. The fraction of sp³-hybridized carbons (Fsp3) is 0.250. The van der Waals surface area contributed by atoms with E-state index < -0.39 is 0 Å². The quantitative estimate of drug-likeness (QED) is 0.912. The molecule has 0 saturated carbocycles. The molecule has 3 rings (SSSR count). The summed E-state index contributed by atoms with van der Waals surface area (Å²) in [5.41, 5.74) is 2.46. The summed E-state index contributed by atoms with van der Waals surface area (Å²) in [6.07, 6.45) is 0. The lowest BCUT2D eigenvalue weighted by Crippen LogP contribution is -2.46. The molecule has 0 unspecified atom stereocenters. The van der Waals surface area contributed by atoms with E-state index in [4.69, 9.17) is 0 Å². The highest BCUT2D eigenvalue weighted by Crippen LogP contribution is 2.23. The summed E-state index contributed by atoms with van der Waals surface area (Å²) in [7, 11) is 0. The van der Waals surface area contributed by atoms with Crippen LogP contribution in [0.5, 0.6) is 5.75 Å². The first-order chi connectivity index (χ1) is 9.72. The van der Waals surface area contributed by atoms with E-state index in [1.165, 1.54) is 11.4 Å². The lowest BCUT2D eigenvalue weighted by Gasteiger charge is -2.37. The van der Waals surface area contributed by atoms with Crippen LogP contribution in [0.15, 0.2) is 53.0 Å². The molecule has 2 aromatic rings. The average molecular weight is 333 g/mol. The molecule has 0 aliphatic carbocycles. The average Bonchev–Trinajstić information content (AvgIpc) is 2.49. The highest BCUT2D eigenvalue weighted by molar-refractivity contribution is 9.10. The molecule has 2 aromatic carbocycles. The monoisotopic (exact) mass is 332 g/mol. The number of anilines is 2. The first-order valence-corrected chi connectivity index (χ1v) is 7.56. The SMILES string of the molecule is Oc1ccc(N2CCN(c3ccc(Br)cc3)CC2)cc1. The Morgan fingerprint density at radius 3 is 1.55 bits per heavy atom. The molecule has 1 saturated heterocycles. The molecule has 0 amide bonds. The lowest BCUT2D eigenvalue weighted by molar-refractivity contribution is 0.475. The van der Waals surface area contributed by atoms with Crippen LogP contribution in [0.2, 0.25) is 0 Å². The Bertz CT molecular complexity index is 507. The smallest absolute Gasteiger partial charge is 0.115 e.